The minimum absolute atomic E-state index is 0.191. The zero-order valence-electron chi connectivity index (χ0n) is 7.82. The molecule has 0 aliphatic rings. The van der Waals surface area contributed by atoms with Crippen molar-refractivity contribution in [3.8, 4) is 11.5 Å². The predicted molar refractivity (Wildman–Crippen MR) is 52.8 cm³/mol. The Bertz CT molecular complexity index is 308. The van der Waals surface area contributed by atoms with Gasteiger partial charge in [0.05, 0.1) is 7.11 Å². The van der Waals surface area contributed by atoms with Crippen LogP contribution in [0.5, 0.6) is 11.5 Å². The van der Waals surface area contributed by atoms with Crippen LogP contribution in [0.4, 0.5) is 0 Å². The number of nitrogens with zero attached hydrogens (tertiary/aromatic N) is 1. The molecule has 0 saturated carbocycles. The second-order valence-electron chi connectivity index (χ2n) is 2.55. The molecule has 0 heterocycles. The molecule has 1 aromatic carbocycles. The van der Waals surface area contributed by atoms with E-state index in [-0.39, 0.29) is 5.75 Å². The van der Waals surface area contributed by atoms with E-state index in [0.29, 0.717) is 17.9 Å². The smallest absolute Gasteiger partial charge is 0.128 e. The lowest BCUT2D eigenvalue weighted by atomic mass is 10.2. The summed E-state index contributed by atoms with van der Waals surface area (Å²) >= 11 is 0. The van der Waals surface area contributed by atoms with Crippen LogP contribution in [-0.4, -0.2) is 25.0 Å². The summed E-state index contributed by atoms with van der Waals surface area (Å²) in [6, 6.07) is 5.13. The third-order valence-corrected chi connectivity index (χ3v) is 1.65. The fraction of sp³-hybridized carbons (Fsp3) is 0.300. The molecular weight excluding hydrogens is 166 g/mol. The number of phenolic OH excluding ortho intramolecular Hbond substituents is 1. The molecule has 0 unspecified atom stereocenters. The van der Waals surface area contributed by atoms with Crippen molar-refractivity contribution in [1.29, 1.82) is 0 Å². The van der Waals surface area contributed by atoms with Crippen LogP contribution in [0.2, 0.25) is 0 Å². The highest BCUT2D eigenvalue weighted by Crippen LogP contribution is 2.21. The largest absolute Gasteiger partial charge is 0.507 e. The molecule has 13 heavy (non-hydrogen) atoms. The first-order valence-electron chi connectivity index (χ1n) is 4.14. The van der Waals surface area contributed by atoms with Crippen molar-refractivity contribution >= 4 is 6.21 Å². The quantitative estimate of drug-likeness (QED) is 0.719. The molecule has 70 valence electrons. The van der Waals surface area contributed by atoms with Crippen molar-refractivity contribution in [2.45, 2.75) is 6.92 Å². The molecular formula is C10H13NO2. The van der Waals surface area contributed by atoms with E-state index in [0.717, 1.165) is 0 Å². The zero-order chi connectivity index (χ0) is 9.68. The third kappa shape index (κ3) is 2.47. The molecule has 0 aliphatic carbocycles. The van der Waals surface area contributed by atoms with Crippen LogP contribution in [0.15, 0.2) is 23.2 Å². The molecule has 1 aromatic rings. The molecule has 3 nitrogen and oxygen atoms in total. The fourth-order valence-electron chi connectivity index (χ4n) is 0.949. The number of ether oxygens (including phenoxy) is 1. The standard InChI is InChI=1S/C10H13NO2/c1-3-11-7-8-4-5-9(13-2)6-10(8)12/h4-7,12H,3H2,1-2H3. The van der Waals surface area contributed by atoms with Gasteiger partial charge in [0.25, 0.3) is 0 Å². The molecule has 1 N–H and O–H groups in total. The van der Waals surface area contributed by atoms with Gasteiger partial charge in [-0.1, -0.05) is 0 Å². The summed E-state index contributed by atoms with van der Waals surface area (Å²) in [7, 11) is 1.56. The minimum atomic E-state index is 0.191. The Balaban J connectivity index is 2.91. The van der Waals surface area contributed by atoms with Gasteiger partial charge in [-0.05, 0) is 19.1 Å². The van der Waals surface area contributed by atoms with E-state index in [9.17, 15) is 5.11 Å². The Labute approximate surface area is 77.7 Å². The minimum Gasteiger partial charge on any atom is -0.507 e. The Kier molecular flexibility index (Phi) is 3.31. The maximum absolute atomic E-state index is 9.48. The highest BCUT2D eigenvalue weighted by molar-refractivity contribution is 5.83. The molecule has 0 atom stereocenters. The van der Waals surface area contributed by atoms with Crippen LogP contribution in [0.1, 0.15) is 12.5 Å². The molecule has 0 saturated heterocycles. The first kappa shape index (κ1) is 9.58. The number of benzene rings is 1. The van der Waals surface area contributed by atoms with Gasteiger partial charge in [0, 0.05) is 24.4 Å². The number of hydrogen-bond donors (Lipinski definition) is 1. The van der Waals surface area contributed by atoms with Crippen molar-refractivity contribution in [3.05, 3.63) is 23.8 Å². The van der Waals surface area contributed by atoms with Gasteiger partial charge in [0.15, 0.2) is 0 Å². The Morgan fingerprint density at radius 2 is 2.31 bits per heavy atom. The zero-order valence-corrected chi connectivity index (χ0v) is 7.82. The monoisotopic (exact) mass is 179 g/mol. The van der Waals surface area contributed by atoms with E-state index in [1.54, 1.807) is 31.5 Å². The van der Waals surface area contributed by atoms with Gasteiger partial charge in [-0.3, -0.25) is 4.99 Å². The highest BCUT2D eigenvalue weighted by atomic mass is 16.5. The van der Waals surface area contributed by atoms with E-state index in [1.807, 2.05) is 6.92 Å². The summed E-state index contributed by atoms with van der Waals surface area (Å²) in [5.41, 5.74) is 0.711. The van der Waals surface area contributed by atoms with Gasteiger partial charge in [0.1, 0.15) is 11.5 Å². The Morgan fingerprint density at radius 1 is 1.54 bits per heavy atom. The molecule has 0 aromatic heterocycles. The van der Waals surface area contributed by atoms with Crippen LogP contribution in [0.25, 0.3) is 0 Å². The maximum Gasteiger partial charge on any atom is 0.128 e. The van der Waals surface area contributed by atoms with Crippen molar-refractivity contribution in [3.63, 3.8) is 0 Å². The number of hydrogen-bond acceptors (Lipinski definition) is 3. The van der Waals surface area contributed by atoms with Crippen LogP contribution in [-0.2, 0) is 0 Å². The number of aliphatic imine (C=N–C) groups is 1. The molecule has 0 amide bonds. The van der Waals surface area contributed by atoms with E-state index in [1.165, 1.54) is 0 Å². The van der Waals surface area contributed by atoms with E-state index >= 15 is 0 Å². The lowest BCUT2D eigenvalue weighted by Crippen LogP contribution is -1.86. The summed E-state index contributed by atoms with van der Waals surface area (Å²) < 4.78 is 4.95. The summed E-state index contributed by atoms with van der Waals surface area (Å²) in [5, 5.41) is 9.48. The summed E-state index contributed by atoms with van der Waals surface area (Å²) in [5.74, 6) is 0.836. The summed E-state index contributed by atoms with van der Waals surface area (Å²) in [6.45, 7) is 2.66. The number of aromatic hydroxyl groups is 1. The van der Waals surface area contributed by atoms with E-state index < -0.39 is 0 Å². The second-order valence-corrected chi connectivity index (χ2v) is 2.55. The number of phenols is 1. The summed E-state index contributed by atoms with van der Waals surface area (Å²) in [6.07, 6.45) is 1.65. The fourth-order valence-corrected chi connectivity index (χ4v) is 0.949. The van der Waals surface area contributed by atoms with E-state index in [2.05, 4.69) is 4.99 Å². The number of rotatable bonds is 3. The predicted octanol–water partition coefficient (Wildman–Crippen LogP) is 1.84. The van der Waals surface area contributed by atoms with Crippen LogP contribution in [0.3, 0.4) is 0 Å². The number of methoxy groups -OCH3 is 1. The average molecular weight is 179 g/mol. The maximum atomic E-state index is 9.48. The van der Waals surface area contributed by atoms with Gasteiger partial charge in [-0.15, -0.1) is 0 Å². The van der Waals surface area contributed by atoms with Gasteiger partial charge in [-0.25, -0.2) is 0 Å². The molecule has 0 fully saturated rings. The van der Waals surface area contributed by atoms with Crippen LogP contribution >= 0.6 is 0 Å². The van der Waals surface area contributed by atoms with Crippen molar-refractivity contribution in [2.75, 3.05) is 13.7 Å². The van der Waals surface area contributed by atoms with Gasteiger partial charge < -0.3 is 9.84 Å². The van der Waals surface area contributed by atoms with Gasteiger partial charge >= 0.3 is 0 Å². The molecule has 0 bridgehead atoms. The first-order chi connectivity index (χ1) is 6.27. The lowest BCUT2D eigenvalue weighted by Gasteiger charge is -2.02. The molecule has 3 heteroatoms. The van der Waals surface area contributed by atoms with Gasteiger partial charge in [-0.2, -0.15) is 0 Å². The first-order valence-corrected chi connectivity index (χ1v) is 4.14. The highest BCUT2D eigenvalue weighted by Gasteiger charge is 1.99. The van der Waals surface area contributed by atoms with Crippen molar-refractivity contribution < 1.29 is 9.84 Å². The van der Waals surface area contributed by atoms with Crippen molar-refractivity contribution in [1.82, 2.24) is 0 Å². The topological polar surface area (TPSA) is 41.8 Å². The van der Waals surface area contributed by atoms with Gasteiger partial charge in [0.2, 0.25) is 0 Å². The molecule has 0 aliphatic heterocycles. The molecule has 0 spiro atoms. The third-order valence-electron chi connectivity index (χ3n) is 1.65. The molecule has 0 radical (unpaired) electrons. The second kappa shape index (κ2) is 4.50. The lowest BCUT2D eigenvalue weighted by molar-refractivity contribution is 0.407. The molecule has 1 rings (SSSR count). The van der Waals surface area contributed by atoms with Crippen LogP contribution in [0, 0.1) is 0 Å². The normalized spacial score (nSPS) is 10.6. The average Bonchev–Trinajstić information content (AvgIpc) is 2.16. The SMILES string of the molecule is CCN=Cc1ccc(OC)cc1O. The summed E-state index contributed by atoms with van der Waals surface area (Å²) in [4.78, 5) is 4.03. The van der Waals surface area contributed by atoms with E-state index in [4.69, 9.17) is 4.74 Å². The Hall–Kier alpha value is -1.51. The van der Waals surface area contributed by atoms with Crippen molar-refractivity contribution in [2.24, 2.45) is 4.99 Å². The Morgan fingerprint density at radius 3 is 2.85 bits per heavy atom. The van der Waals surface area contributed by atoms with Crippen LogP contribution < -0.4 is 4.74 Å².